The normalized spacial score (nSPS) is 27.4. The number of hydrogen-bond acceptors (Lipinski definition) is 4. The van der Waals surface area contributed by atoms with Gasteiger partial charge >= 0.3 is 0 Å². The summed E-state index contributed by atoms with van der Waals surface area (Å²) in [5.74, 6) is 1.28. The number of carbonyl (C=O) groups excluding carboxylic acids is 1. The molecule has 0 radical (unpaired) electrons. The molecule has 1 saturated heterocycles. The average molecular weight is 313 g/mol. The maximum Gasteiger partial charge on any atom is 0.233 e. The van der Waals surface area contributed by atoms with Crippen molar-refractivity contribution in [1.29, 1.82) is 0 Å². The van der Waals surface area contributed by atoms with Crippen LogP contribution >= 0.6 is 11.8 Å². The van der Waals surface area contributed by atoms with Crippen LogP contribution in [-0.4, -0.2) is 33.5 Å². The van der Waals surface area contributed by atoms with Gasteiger partial charge in [-0.05, 0) is 31.4 Å². The van der Waals surface area contributed by atoms with Crippen LogP contribution < -0.4 is 11.1 Å². The molecule has 120 valence electrons. The van der Waals surface area contributed by atoms with E-state index in [1.165, 1.54) is 12.8 Å². The summed E-state index contributed by atoms with van der Waals surface area (Å²) in [5.41, 5.74) is 5.31. The monoisotopic (exact) mass is 313 g/mol. The van der Waals surface area contributed by atoms with Crippen LogP contribution in [0.2, 0.25) is 0 Å². The van der Waals surface area contributed by atoms with Gasteiger partial charge in [0.2, 0.25) is 5.91 Å². The molecule has 2 rings (SSSR count). The van der Waals surface area contributed by atoms with Gasteiger partial charge < -0.3 is 16.3 Å². The van der Waals surface area contributed by atoms with Gasteiger partial charge in [-0.25, -0.2) is 0 Å². The molecule has 5 nitrogen and oxygen atoms in total. The van der Waals surface area contributed by atoms with E-state index >= 15 is 0 Å². The SMILES string of the molecule is NC(=NO)C1(NC(=O)C2CCCCS2)CCCCCCC1. The lowest BCUT2D eigenvalue weighted by Gasteiger charge is -2.36. The second kappa shape index (κ2) is 7.92. The Labute approximate surface area is 131 Å². The van der Waals surface area contributed by atoms with Gasteiger partial charge in [0, 0.05) is 0 Å². The number of rotatable bonds is 3. The maximum atomic E-state index is 12.6. The molecule has 2 fully saturated rings. The number of thioether (sulfide) groups is 1. The van der Waals surface area contributed by atoms with Gasteiger partial charge in [0.05, 0.1) is 5.25 Å². The van der Waals surface area contributed by atoms with E-state index in [0.29, 0.717) is 0 Å². The number of nitrogens with one attached hydrogen (secondary N) is 1. The van der Waals surface area contributed by atoms with Crippen molar-refractivity contribution in [2.75, 3.05) is 5.75 Å². The lowest BCUT2D eigenvalue weighted by Crippen LogP contribution is -2.59. The number of amides is 1. The van der Waals surface area contributed by atoms with E-state index in [0.717, 1.165) is 57.1 Å². The minimum Gasteiger partial charge on any atom is -0.409 e. The summed E-state index contributed by atoms with van der Waals surface area (Å²) in [6.45, 7) is 0. The fraction of sp³-hybridized carbons (Fsp3) is 0.867. The summed E-state index contributed by atoms with van der Waals surface area (Å²) >= 11 is 1.73. The molecule has 1 aliphatic heterocycles. The van der Waals surface area contributed by atoms with E-state index in [9.17, 15) is 4.79 Å². The second-order valence-corrected chi connectivity index (χ2v) is 7.49. The van der Waals surface area contributed by atoms with Crippen LogP contribution in [0.4, 0.5) is 0 Å². The number of oxime groups is 1. The van der Waals surface area contributed by atoms with Crippen molar-refractivity contribution < 1.29 is 10.0 Å². The molecule has 4 N–H and O–H groups in total. The van der Waals surface area contributed by atoms with Crippen LogP contribution in [-0.2, 0) is 4.79 Å². The van der Waals surface area contributed by atoms with Gasteiger partial charge in [0.25, 0.3) is 0 Å². The topological polar surface area (TPSA) is 87.7 Å². The number of carbonyl (C=O) groups is 1. The van der Waals surface area contributed by atoms with Gasteiger partial charge in [0.15, 0.2) is 5.84 Å². The first kappa shape index (κ1) is 16.5. The van der Waals surface area contributed by atoms with Crippen LogP contribution in [0.5, 0.6) is 0 Å². The number of nitrogens with two attached hydrogens (primary N) is 1. The van der Waals surface area contributed by atoms with Crippen LogP contribution in [0.3, 0.4) is 0 Å². The van der Waals surface area contributed by atoms with E-state index in [-0.39, 0.29) is 17.0 Å². The van der Waals surface area contributed by atoms with Crippen molar-refractivity contribution in [2.45, 2.75) is 75.0 Å². The largest absolute Gasteiger partial charge is 0.409 e. The number of nitrogens with zero attached hydrogens (tertiary/aromatic N) is 1. The van der Waals surface area contributed by atoms with Crippen molar-refractivity contribution in [1.82, 2.24) is 5.32 Å². The zero-order valence-electron chi connectivity index (χ0n) is 12.6. The zero-order chi connectivity index (χ0) is 15.1. The van der Waals surface area contributed by atoms with Gasteiger partial charge in [0.1, 0.15) is 5.54 Å². The van der Waals surface area contributed by atoms with Crippen LogP contribution in [0, 0.1) is 0 Å². The molecule has 1 unspecified atom stereocenters. The molecular weight excluding hydrogens is 286 g/mol. The van der Waals surface area contributed by atoms with E-state index in [4.69, 9.17) is 10.9 Å². The third-order valence-corrected chi connectivity index (χ3v) is 6.02. The summed E-state index contributed by atoms with van der Waals surface area (Å²) in [6.07, 6.45) is 10.3. The summed E-state index contributed by atoms with van der Waals surface area (Å²) in [6, 6.07) is 0. The third kappa shape index (κ3) is 4.28. The first-order valence-corrected chi connectivity index (χ1v) is 9.14. The molecule has 0 spiro atoms. The second-order valence-electron chi connectivity index (χ2n) is 6.18. The standard InChI is InChI=1S/C15H27N3O2S/c16-14(18-20)15(9-5-2-1-3-6-10-15)17-13(19)12-8-4-7-11-21-12/h12,20H,1-11H2,(H2,16,18)(H,17,19). The molecule has 0 aromatic rings. The Morgan fingerprint density at radius 2 is 1.81 bits per heavy atom. The molecule has 0 aromatic carbocycles. The predicted molar refractivity (Wildman–Crippen MR) is 86.7 cm³/mol. The Morgan fingerprint density at radius 1 is 1.14 bits per heavy atom. The molecule has 6 heteroatoms. The highest BCUT2D eigenvalue weighted by molar-refractivity contribution is 8.00. The molecule has 21 heavy (non-hydrogen) atoms. The van der Waals surface area contributed by atoms with Gasteiger partial charge in [-0.3, -0.25) is 4.79 Å². The van der Waals surface area contributed by atoms with Crippen LogP contribution in [0.25, 0.3) is 0 Å². The summed E-state index contributed by atoms with van der Waals surface area (Å²) in [4.78, 5) is 12.6. The number of amidine groups is 1. The van der Waals surface area contributed by atoms with Crippen molar-refractivity contribution in [3.8, 4) is 0 Å². The molecule has 1 aliphatic carbocycles. The summed E-state index contributed by atoms with van der Waals surface area (Å²) in [5, 5.41) is 15.5. The summed E-state index contributed by atoms with van der Waals surface area (Å²) < 4.78 is 0. The maximum absolute atomic E-state index is 12.6. The Hall–Kier alpha value is -0.910. The zero-order valence-corrected chi connectivity index (χ0v) is 13.5. The Kier molecular flexibility index (Phi) is 6.21. The van der Waals surface area contributed by atoms with Gasteiger partial charge in [-0.2, -0.15) is 0 Å². The molecule has 1 saturated carbocycles. The molecule has 2 aliphatic rings. The Morgan fingerprint density at radius 3 is 2.38 bits per heavy atom. The third-order valence-electron chi connectivity index (χ3n) is 4.64. The Bertz CT molecular complexity index is 373. The van der Waals surface area contributed by atoms with Crippen molar-refractivity contribution in [3.63, 3.8) is 0 Å². The van der Waals surface area contributed by atoms with E-state index in [1.807, 2.05) is 0 Å². The van der Waals surface area contributed by atoms with E-state index in [1.54, 1.807) is 11.8 Å². The fourth-order valence-electron chi connectivity index (χ4n) is 3.31. The van der Waals surface area contributed by atoms with Gasteiger partial charge in [-0.1, -0.05) is 43.7 Å². The smallest absolute Gasteiger partial charge is 0.233 e. The lowest BCUT2D eigenvalue weighted by molar-refractivity contribution is -0.122. The molecule has 0 bridgehead atoms. The first-order valence-electron chi connectivity index (χ1n) is 8.09. The van der Waals surface area contributed by atoms with E-state index < -0.39 is 5.54 Å². The van der Waals surface area contributed by atoms with Crippen molar-refractivity contribution in [2.24, 2.45) is 10.9 Å². The minimum atomic E-state index is -0.649. The van der Waals surface area contributed by atoms with Crippen molar-refractivity contribution in [3.05, 3.63) is 0 Å². The highest BCUT2D eigenvalue weighted by atomic mass is 32.2. The molecule has 1 atom stereocenters. The molecule has 1 heterocycles. The number of hydrogen-bond donors (Lipinski definition) is 3. The molecule has 1 amide bonds. The molecule has 0 aromatic heterocycles. The van der Waals surface area contributed by atoms with E-state index in [2.05, 4.69) is 10.5 Å². The van der Waals surface area contributed by atoms with Crippen LogP contribution in [0.1, 0.15) is 64.2 Å². The fourth-order valence-corrected chi connectivity index (χ4v) is 4.51. The summed E-state index contributed by atoms with van der Waals surface area (Å²) in [7, 11) is 0. The Balaban J connectivity index is 2.08. The molecular formula is C15H27N3O2S. The van der Waals surface area contributed by atoms with Crippen LogP contribution in [0.15, 0.2) is 5.16 Å². The lowest BCUT2D eigenvalue weighted by atomic mass is 9.82. The predicted octanol–water partition coefficient (Wildman–Crippen LogP) is 2.62. The highest BCUT2D eigenvalue weighted by Crippen LogP contribution is 2.30. The highest BCUT2D eigenvalue weighted by Gasteiger charge is 2.38. The first-order chi connectivity index (χ1) is 10.2. The minimum absolute atomic E-state index is 0.0209. The quantitative estimate of drug-likeness (QED) is 0.323. The average Bonchev–Trinajstić information content (AvgIpc) is 2.50. The van der Waals surface area contributed by atoms with Crippen molar-refractivity contribution >= 4 is 23.5 Å². The van der Waals surface area contributed by atoms with Gasteiger partial charge in [-0.15, -0.1) is 11.8 Å².